The van der Waals surface area contributed by atoms with Crippen molar-refractivity contribution in [3.8, 4) is 0 Å². The highest BCUT2D eigenvalue weighted by Gasteiger charge is 2.20. The number of rotatable bonds is 2. The van der Waals surface area contributed by atoms with E-state index in [1.165, 1.54) is 25.7 Å². The van der Waals surface area contributed by atoms with Crippen molar-refractivity contribution >= 4 is 0 Å². The quantitative estimate of drug-likeness (QED) is 0.629. The summed E-state index contributed by atoms with van der Waals surface area (Å²) in [4.78, 5) is 0. The summed E-state index contributed by atoms with van der Waals surface area (Å²) >= 11 is 0. The van der Waals surface area contributed by atoms with E-state index in [1.807, 2.05) is 0 Å². The molecule has 1 rings (SSSR count). The number of nitrogens with two attached hydrogens (primary N) is 1. The molecule has 0 aromatic rings. The van der Waals surface area contributed by atoms with Crippen molar-refractivity contribution in [1.29, 1.82) is 0 Å². The Bertz CT molecular complexity index is 93.3. The average molecular weight is 143 g/mol. The highest BCUT2D eigenvalue weighted by Crippen LogP contribution is 2.22. The summed E-state index contributed by atoms with van der Waals surface area (Å²) in [7, 11) is 1.75. The molecule has 0 aliphatic heterocycles. The molecule has 0 spiro atoms. The second-order valence-electron chi connectivity index (χ2n) is 3.16. The maximum absolute atomic E-state index is 5.89. The molecule has 2 atom stereocenters. The van der Waals surface area contributed by atoms with Gasteiger partial charge in [-0.15, -0.1) is 0 Å². The summed E-state index contributed by atoms with van der Waals surface area (Å²) in [5.74, 6) is 0.624. The summed E-state index contributed by atoms with van der Waals surface area (Å²) in [6.45, 7) is 0.848. The van der Waals surface area contributed by atoms with Gasteiger partial charge in [0.25, 0.3) is 0 Å². The van der Waals surface area contributed by atoms with Gasteiger partial charge in [-0.3, -0.25) is 0 Å². The molecule has 0 aromatic carbocycles. The van der Waals surface area contributed by atoms with E-state index in [-0.39, 0.29) is 0 Å². The minimum atomic E-state index is 0.397. The van der Waals surface area contributed by atoms with Crippen molar-refractivity contribution in [3.05, 3.63) is 0 Å². The van der Waals surface area contributed by atoms with Gasteiger partial charge in [-0.25, -0.2) is 0 Å². The van der Waals surface area contributed by atoms with Gasteiger partial charge in [0, 0.05) is 13.2 Å². The van der Waals surface area contributed by atoms with Gasteiger partial charge in [-0.05, 0) is 18.8 Å². The van der Waals surface area contributed by atoms with Gasteiger partial charge in [0.05, 0.1) is 6.61 Å². The molecule has 1 fully saturated rings. The van der Waals surface area contributed by atoms with Crippen LogP contribution in [0.25, 0.3) is 0 Å². The van der Waals surface area contributed by atoms with Gasteiger partial charge in [-0.2, -0.15) is 0 Å². The molecule has 2 N–H and O–H groups in total. The molecular formula is C8H17NO. The molecule has 2 nitrogen and oxygen atoms in total. The van der Waals surface area contributed by atoms with Crippen molar-refractivity contribution in [2.24, 2.45) is 11.7 Å². The fraction of sp³-hybridized carbons (Fsp3) is 1.00. The number of methoxy groups -OCH3 is 1. The maximum atomic E-state index is 5.89. The lowest BCUT2D eigenvalue weighted by molar-refractivity contribution is 0.119. The molecule has 0 saturated heterocycles. The standard InChI is InChI=1S/C8H17NO/c1-10-6-7-4-2-3-5-8(7)9/h7-8H,2-6,9H2,1H3. The third-order valence-electron chi connectivity index (χ3n) is 2.35. The largest absolute Gasteiger partial charge is 0.384 e. The predicted octanol–water partition coefficient (Wildman–Crippen LogP) is 1.15. The molecular weight excluding hydrogens is 126 g/mol. The van der Waals surface area contributed by atoms with E-state index in [4.69, 9.17) is 10.5 Å². The molecule has 0 radical (unpaired) electrons. The van der Waals surface area contributed by atoms with Crippen LogP contribution in [0.15, 0.2) is 0 Å². The highest BCUT2D eigenvalue weighted by molar-refractivity contribution is 4.77. The molecule has 0 aromatic heterocycles. The van der Waals surface area contributed by atoms with Crippen molar-refractivity contribution in [2.45, 2.75) is 31.7 Å². The average Bonchev–Trinajstić information content (AvgIpc) is 1.94. The summed E-state index contributed by atoms with van der Waals surface area (Å²) in [6, 6.07) is 0.397. The zero-order chi connectivity index (χ0) is 7.40. The summed E-state index contributed by atoms with van der Waals surface area (Å²) in [5.41, 5.74) is 5.89. The Balaban J connectivity index is 2.25. The Morgan fingerprint density at radius 3 is 2.70 bits per heavy atom. The lowest BCUT2D eigenvalue weighted by Crippen LogP contribution is -2.35. The summed E-state index contributed by atoms with van der Waals surface area (Å²) in [6.07, 6.45) is 5.09. The number of hydrogen-bond donors (Lipinski definition) is 1. The van der Waals surface area contributed by atoms with Crippen LogP contribution >= 0.6 is 0 Å². The van der Waals surface area contributed by atoms with Crippen molar-refractivity contribution in [2.75, 3.05) is 13.7 Å². The molecule has 1 saturated carbocycles. The highest BCUT2D eigenvalue weighted by atomic mass is 16.5. The lowest BCUT2D eigenvalue weighted by Gasteiger charge is -2.27. The molecule has 0 bridgehead atoms. The Hall–Kier alpha value is -0.0800. The minimum Gasteiger partial charge on any atom is -0.384 e. The van der Waals surface area contributed by atoms with E-state index < -0.39 is 0 Å². The van der Waals surface area contributed by atoms with Crippen LogP contribution in [0.3, 0.4) is 0 Å². The third-order valence-corrected chi connectivity index (χ3v) is 2.35. The first-order valence-electron chi connectivity index (χ1n) is 4.09. The minimum absolute atomic E-state index is 0.397. The molecule has 2 heteroatoms. The normalized spacial score (nSPS) is 34.2. The van der Waals surface area contributed by atoms with Crippen LogP contribution in [0, 0.1) is 5.92 Å². The fourth-order valence-electron chi connectivity index (χ4n) is 1.66. The molecule has 0 heterocycles. The van der Waals surface area contributed by atoms with Crippen LogP contribution in [0.5, 0.6) is 0 Å². The second kappa shape index (κ2) is 3.94. The predicted molar refractivity (Wildman–Crippen MR) is 41.8 cm³/mol. The summed E-state index contributed by atoms with van der Waals surface area (Å²) in [5, 5.41) is 0. The van der Waals surface area contributed by atoms with Crippen LogP contribution in [0.2, 0.25) is 0 Å². The SMILES string of the molecule is COCC1CCCCC1N. The zero-order valence-electron chi connectivity index (χ0n) is 6.68. The van der Waals surface area contributed by atoms with E-state index in [2.05, 4.69) is 0 Å². The van der Waals surface area contributed by atoms with E-state index >= 15 is 0 Å². The van der Waals surface area contributed by atoms with Gasteiger partial charge in [0.2, 0.25) is 0 Å². The van der Waals surface area contributed by atoms with Crippen LogP contribution in [-0.2, 0) is 4.74 Å². The van der Waals surface area contributed by atoms with Gasteiger partial charge >= 0.3 is 0 Å². The third kappa shape index (κ3) is 1.96. The van der Waals surface area contributed by atoms with Crippen molar-refractivity contribution in [1.82, 2.24) is 0 Å². The molecule has 1 aliphatic rings. The maximum Gasteiger partial charge on any atom is 0.0505 e. The van der Waals surface area contributed by atoms with E-state index in [0.29, 0.717) is 12.0 Å². The first kappa shape index (κ1) is 8.02. The molecule has 60 valence electrons. The van der Waals surface area contributed by atoms with E-state index in [0.717, 1.165) is 6.61 Å². The molecule has 10 heavy (non-hydrogen) atoms. The van der Waals surface area contributed by atoms with Crippen molar-refractivity contribution in [3.63, 3.8) is 0 Å². The number of hydrogen-bond acceptors (Lipinski definition) is 2. The Kier molecular flexibility index (Phi) is 3.16. The first-order chi connectivity index (χ1) is 4.84. The number of ether oxygens (including phenoxy) is 1. The molecule has 0 amide bonds. The van der Waals surface area contributed by atoms with Crippen molar-refractivity contribution < 1.29 is 4.74 Å². The topological polar surface area (TPSA) is 35.2 Å². The lowest BCUT2D eigenvalue weighted by atomic mass is 9.86. The Morgan fingerprint density at radius 2 is 2.10 bits per heavy atom. The van der Waals surface area contributed by atoms with Gasteiger partial charge in [-0.1, -0.05) is 12.8 Å². The van der Waals surface area contributed by atoms with Gasteiger partial charge in [0.15, 0.2) is 0 Å². The Morgan fingerprint density at radius 1 is 1.40 bits per heavy atom. The smallest absolute Gasteiger partial charge is 0.0505 e. The van der Waals surface area contributed by atoms with Crippen LogP contribution in [0.1, 0.15) is 25.7 Å². The Labute approximate surface area is 62.7 Å². The van der Waals surface area contributed by atoms with E-state index in [9.17, 15) is 0 Å². The van der Waals surface area contributed by atoms with Gasteiger partial charge < -0.3 is 10.5 Å². The molecule has 2 unspecified atom stereocenters. The van der Waals surface area contributed by atoms with Crippen LogP contribution in [-0.4, -0.2) is 19.8 Å². The molecule has 1 aliphatic carbocycles. The van der Waals surface area contributed by atoms with Crippen LogP contribution < -0.4 is 5.73 Å². The fourth-order valence-corrected chi connectivity index (χ4v) is 1.66. The summed E-state index contributed by atoms with van der Waals surface area (Å²) < 4.78 is 5.07. The first-order valence-corrected chi connectivity index (χ1v) is 4.09. The monoisotopic (exact) mass is 143 g/mol. The van der Waals surface area contributed by atoms with E-state index in [1.54, 1.807) is 7.11 Å². The van der Waals surface area contributed by atoms with Gasteiger partial charge in [0.1, 0.15) is 0 Å². The van der Waals surface area contributed by atoms with Crippen LogP contribution in [0.4, 0.5) is 0 Å². The zero-order valence-corrected chi connectivity index (χ0v) is 6.68. The second-order valence-corrected chi connectivity index (χ2v) is 3.16.